The van der Waals surface area contributed by atoms with Crippen molar-refractivity contribution < 1.29 is 4.74 Å². The molecule has 2 fully saturated rings. The van der Waals surface area contributed by atoms with E-state index in [0.717, 1.165) is 38.5 Å². The van der Waals surface area contributed by atoms with Crippen molar-refractivity contribution in [1.82, 2.24) is 9.88 Å². The van der Waals surface area contributed by atoms with E-state index in [-0.39, 0.29) is 0 Å². The van der Waals surface area contributed by atoms with Crippen LogP contribution in [0.25, 0.3) is 0 Å². The number of rotatable bonds is 2. The minimum absolute atomic E-state index is 0.361. The highest BCUT2D eigenvalue weighted by molar-refractivity contribution is 5.46. The third-order valence-corrected chi connectivity index (χ3v) is 4.48. The van der Waals surface area contributed by atoms with Crippen molar-refractivity contribution in [2.45, 2.75) is 31.9 Å². The lowest BCUT2D eigenvalue weighted by atomic mass is 10.0. The van der Waals surface area contributed by atoms with Crippen molar-refractivity contribution in [2.24, 2.45) is 0 Å². The fourth-order valence-corrected chi connectivity index (χ4v) is 3.31. The molecule has 0 amide bonds. The third-order valence-electron chi connectivity index (χ3n) is 4.48. The molecule has 0 N–H and O–H groups in total. The molecule has 2 saturated heterocycles. The Morgan fingerprint density at radius 3 is 2.71 bits per heavy atom. The summed E-state index contributed by atoms with van der Waals surface area (Å²) in [4.78, 5) is 9.12. The molecule has 2 aliphatic heterocycles. The zero-order valence-corrected chi connectivity index (χ0v) is 12.5. The van der Waals surface area contributed by atoms with Crippen LogP contribution in [-0.2, 0) is 4.74 Å². The summed E-state index contributed by atoms with van der Waals surface area (Å²) in [5.41, 5.74) is 1.61. The van der Waals surface area contributed by atoms with Crippen molar-refractivity contribution in [3.8, 4) is 6.07 Å². The molecule has 2 aliphatic rings. The van der Waals surface area contributed by atoms with Crippen LogP contribution in [0, 0.1) is 11.3 Å². The maximum atomic E-state index is 8.80. The van der Waals surface area contributed by atoms with Crippen LogP contribution in [0.3, 0.4) is 0 Å². The van der Waals surface area contributed by atoms with Crippen LogP contribution >= 0.6 is 0 Å². The second-order valence-electron chi connectivity index (χ2n) is 5.91. The van der Waals surface area contributed by atoms with Crippen molar-refractivity contribution in [2.75, 3.05) is 37.7 Å². The molecule has 1 aromatic rings. The Labute approximate surface area is 126 Å². The molecule has 3 rings (SSSR count). The largest absolute Gasteiger partial charge is 0.376 e. The van der Waals surface area contributed by atoms with E-state index in [9.17, 15) is 0 Å². The highest BCUT2D eigenvalue weighted by Crippen LogP contribution is 2.23. The van der Waals surface area contributed by atoms with Crippen LogP contribution in [0.4, 0.5) is 5.69 Å². The number of nitriles is 1. The Morgan fingerprint density at radius 2 is 2.10 bits per heavy atom. The number of aromatic nitrogens is 1. The van der Waals surface area contributed by atoms with Gasteiger partial charge in [-0.2, -0.15) is 5.26 Å². The predicted octanol–water partition coefficient (Wildman–Crippen LogP) is 1.64. The molecule has 0 aliphatic carbocycles. The van der Waals surface area contributed by atoms with Gasteiger partial charge in [0.25, 0.3) is 0 Å². The van der Waals surface area contributed by atoms with Crippen molar-refractivity contribution in [3.05, 3.63) is 24.0 Å². The summed E-state index contributed by atoms with van der Waals surface area (Å²) in [5, 5.41) is 8.80. The Kier molecular flexibility index (Phi) is 4.37. The number of morpholine rings is 1. The van der Waals surface area contributed by atoms with E-state index < -0.39 is 0 Å². The zero-order chi connectivity index (χ0) is 14.7. The number of nitrogens with zero attached hydrogens (tertiary/aromatic N) is 4. The summed E-state index contributed by atoms with van der Waals surface area (Å²) < 4.78 is 5.62. The molecular weight excluding hydrogens is 264 g/mol. The average Bonchev–Trinajstić information content (AvgIpc) is 2.55. The van der Waals surface area contributed by atoms with Crippen molar-refractivity contribution >= 4 is 5.69 Å². The molecule has 5 heteroatoms. The lowest BCUT2D eigenvalue weighted by Crippen LogP contribution is -2.51. The summed E-state index contributed by atoms with van der Waals surface area (Å²) in [6.07, 6.45) is 4.55. The number of hydrogen-bond acceptors (Lipinski definition) is 5. The van der Waals surface area contributed by atoms with Gasteiger partial charge in [-0.15, -0.1) is 0 Å². The van der Waals surface area contributed by atoms with Crippen LogP contribution in [-0.4, -0.2) is 54.8 Å². The molecule has 0 bridgehead atoms. The Morgan fingerprint density at radius 1 is 1.29 bits per heavy atom. The van der Waals surface area contributed by atoms with Gasteiger partial charge < -0.3 is 9.64 Å². The molecule has 0 radical (unpaired) electrons. The van der Waals surface area contributed by atoms with E-state index in [1.54, 1.807) is 6.07 Å². The number of hydrogen-bond donors (Lipinski definition) is 0. The van der Waals surface area contributed by atoms with Gasteiger partial charge in [0.15, 0.2) is 0 Å². The summed E-state index contributed by atoms with van der Waals surface area (Å²) in [5.74, 6) is 0. The first kappa shape index (κ1) is 14.3. The Hall–Kier alpha value is -1.64. The molecule has 3 heterocycles. The van der Waals surface area contributed by atoms with E-state index in [2.05, 4.69) is 27.8 Å². The summed E-state index contributed by atoms with van der Waals surface area (Å²) in [6, 6.07) is 6.54. The maximum absolute atomic E-state index is 8.80. The minimum atomic E-state index is 0.361. The molecular formula is C16H22N4O. The van der Waals surface area contributed by atoms with Crippen molar-refractivity contribution in [3.63, 3.8) is 0 Å². The van der Waals surface area contributed by atoms with Crippen LogP contribution < -0.4 is 4.90 Å². The van der Waals surface area contributed by atoms with Crippen LogP contribution in [0.5, 0.6) is 0 Å². The standard InChI is InChI=1S/C16H22N4O/c1-13-12-20(8-9-21-13)15-4-6-19(7-5-15)16-3-2-14(10-17)18-11-16/h2-3,11,13,15H,4-9,12H2,1H3/t13-/m1/s1. The highest BCUT2D eigenvalue weighted by Gasteiger charge is 2.27. The van der Waals surface area contributed by atoms with E-state index in [0.29, 0.717) is 17.8 Å². The van der Waals surface area contributed by atoms with E-state index >= 15 is 0 Å². The highest BCUT2D eigenvalue weighted by atomic mass is 16.5. The SMILES string of the molecule is C[C@@H]1CN(C2CCN(c3ccc(C#N)nc3)CC2)CCO1. The molecule has 5 nitrogen and oxygen atoms in total. The molecule has 0 aromatic carbocycles. The van der Waals surface area contributed by atoms with Crippen LogP contribution in [0.2, 0.25) is 0 Å². The number of ether oxygens (including phenoxy) is 1. The molecule has 0 spiro atoms. The third kappa shape index (κ3) is 3.34. The summed E-state index contributed by atoms with van der Waals surface area (Å²) in [6.45, 7) is 7.26. The first-order valence-corrected chi connectivity index (χ1v) is 7.73. The topological polar surface area (TPSA) is 52.4 Å². The number of pyridine rings is 1. The van der Waals surface area contributed by atoms with Gasteiger partial charge in [0.05, 0.1) is 24.6 Å². The average molecular weight is 286 g/mol. The van der Waals surface area contributed by atoms with Gasteiger partial charge in [-0.1, -0.05) is 0 Å². The van der Waals surface area contributed by atoms with Gasteiger partial charge in [0.1, 0.15) is 11.8 Å². The van der Waals surface area contributed by atoms with Gasteiger partial charge in [-0.05, 0) is 31.9 Å². The van der Waals surface area contributed by atoms with Gasteiger partial charge in [-0.3, -0.25) is 4.90 Å². The first-order chi connectivity index (χ1) is 10.3. The molecule has 21 heavy (non-hydrogen) atoms. The van der Waals surface area contributed by atoms with Crippen LogP contribution in [0.15, 0.2) is 18.3 Å². The smallest absolute Gasteiger partial charge is 0.140 e. The number of piperidine rings is 1. The van der Waals surface area contributed by atoms with Gasteiger partial charge in [0.2, 0.25) is 0 Å². The van der Waals surface area contributed by atoms with Crippen molar-refractivity contribution in [1.29, 1.82) is 5.26 Å². The lowest BCUT2D eigenvalue weighted by Gasteiger charge is -2.42. The lowest BCUT2D eigenvalue weighted by molar-refractivity contribution is -0.0373. The normalized spacial score (nSPS) is 24.8. The minimum Gasteiger partial charge on any atom is -0.376 e. The van der Waals surface area contributed by atoms with E-state index in [1.807, 2.05) is 12.3 Å². The van der Waals surface area contributed by atoms with Gasteiger partial charge in [-0.25, -0.2) is 4.98 Å². The second-order valence-corrected chi connectivity index (χ2v) is 5.91. The first-order valence-electron chi connectivity index (χ1n) is 7.73. The van der Waals surface area contributed by atoms with E-state index in [1.165, 1.54) is 12.8 Å². The quantitative estimate of drug-likeness (QED) is 0.827. The molecule has 1 atom stereocenters. The van der Waals surface area contributed by atoms with E-state index in [4.69, 9.17) is 10.00 Å². The van der Waals surface area contributed by atoms with Gasteiger partial charge in [0, 0.05) is 32.2 Å². The van der Waals surface area contributed by atoms with Crippen LogP contribution in [0.1, 0.15) is 25.5 Å². The molecule has 0 unspecified atom stereocenters. The number of anilines is 1. The Bertz CT molecular complexity index is 502. The fraction of sp³-hybridized carbons (Fsp3) is 0.625. The molecule has 112 valence electrons. The maximum Gasteiger partial charge on any atom is 0.140 e. The molecule has 1 aromatic heterocycles. The summed E-state index contributed by atoms with van der Waals surface area (Å²) >= 11 is 0. The zero-order valence-electron chi connectivity index (χ0n) is 12.5. The molecule has 0 saturated carbocycles. The Balaban J connectivity index is 1.56. The second kappa shape index (κ2) is 6.42. The fourth-order valence-electron chi connectivity index (χ4n) is 3.31. The van der Waals surface area contributed by atoms with Gasteiger partial charge >= 0.3 is 0 Å². The summed E-state index contributed by atoms with van der Waals surface area (Å²) in [7, 11) is 0. The predicted molar refractivity (Wildman–Crippen MR) is 81.2 cm³/mol. The monoisotopic (exact) mass is 286 g/mol.